The molecule has 0 aromatic heterocycles. The van der Waals surface area contributed by atoms with Crippen LogP contribution >= 0.6 is 11.6 Å². The molecule has 3 nitrogen and oxygen atoms in total. The van der Waals surface area contributed by atoms with Crippen molar-refractivity contribution in [2.45, 2.75) is 6.04 Å². The van der Waals surface area contributed by atoms with Gasteiger partial charge in [-0.2, -0.15) is 0 Å². The number of hydrogen-bond acceptors (Lipinski definition) is 2. The summed E-state index contributed by atoms with van der Waals surface area (Å²) in [5, 5.41) is 9.00. The van der Waals surface area contributed by atoms with Gasteiger partial charge in [0.25, 0.3) is 0 Å². The van der Waals surface area contributed by atoms with E-state index in [0.717, 1.165) is 0 Å². The fourth-order valence-corrected chi connectivity index (χ4v) is 1.25. The molecule has 4 heteroatoms. The third-order valence-corrected chi connectivity index (χ3v) is 2.19. The van der Waals surface area contributed by atoms with E-state index in [4.69, 9.17) is 22.4 Å². The number of rotatable bonds is 3. The lowest BCUT2D eigenvalue weighted by molar-refractivity contribution is 0.0697. The lowest BCUT2D eigenvalue weighted by atomic mass is 10.0. The maximum atomic E-state index is 10.7. The normalized spacial score (nSPS) is 12.1. The number of benzene rings is 1. The van der Waals surface area contributed by atoms with Crippen molar-refractivity contribution in [2.75, 3.05) is 0 Å². The van der Waals surface area contributed by atoms with Crippen LogP contribution in [0.15, 0.2) is 30.9 Å². The average Bonchev–Trinajstić information content (AvgIpc) is 2.17. The minimum absolute atomic E-state index is 0.0569. The van der Waals surface area contributed by atoms with Crippen molar-refractivity contribution in [1.82, 2.24) is 0 Å². The van der Waals surface area contributed by atoms with E-state index in [1.54, 1.807) is 6.07 Å². The molecule has 0 heterocycles. The highest BCUT2D eigenvalue weighted by molar-refractivity contribution is 6.33. The quantitative estimate of drug-likeness (QED) is 0.754. The van der Waals surface area contributed by atoms with E-state index in [9.17, 15) is 4.79 Å². The maximum Gasteiger partial charge on any atom is 0.337 e. The van der Waals surface area contributed by atoms with E-state index in [1.807, 2.05) is 0 Å². The van der Waals surface area contributed by atoms with Gasteiger partial charge in [-0.25, -0.2) is 4.79 Å². The fraction of sp³-hybridized carbons (Fsp3) is 0.100. The van der Waals surface area contributed by atoms with Gasteiger partial charge in [-0.1, -0.05) is 23.7 Å². The summed E-state index contributed by atoms with van der Waals surface area (Å²) in [7, 11) is 0. The van der Waals surface area contributed by atoms with Gasteiger partial charge in [0.1, 0.15) is 0 Å². The van der Waals surface area contributed by atoms with Crippen molar-refractivity contribution in [1.29, 1.82) is 0 Å². The van der Waals surface area contributed by atoms with Crippen LogP contribution in [0.5, 0.6) is 0 Å². The van der Waals surface area contributed by atoms with Gasteiger partial charge >= 0.3 is 5.97 Å². The highest BCUT2D eigenvalue weighted by atomic mass is 35.5. The Bertz CT molecular complexity index is 376. The zero-order valence-electron chi connectivity index (χ0n) is 7.40. The van der Waals surface area contributed by atoms with Crippen LogP contribution in [0.2, 0.25) is 5.02 Å². The summed E-state index contributed by atoms with van der Waals surface area (Å²) in [5.41, 5.74) is 6.40. The number of hydrogen-bond donors (Lipinski definition) is 2. The largest absolute Gasteiger partial charge is 0.478 e. The average molecular weight is 212 g/mol. The third kappa shape index (κ3) is 2.13. The van der Waals surface area contributed by atoms with E-state index in [0.29, 0.717) is 5.56 Å². The van der Waals surface area contributed by atoms with Crippen LogP contribution in [-0.2, 0) is 0 Å². The van der Waals surface area contributed by atoms with Crippen molar-refractivity contribution in [2.24, 2.45) is 5.73 Å². The van der Waals surface area contributed by atoms with Crippen molar-refractivity contribution in [3.63, 3.8) is 0 Å². The molecule has 0 radical (unpaired) electrons. The van der Waals surface area contributed by atoms with Crippen LogP contribution in [0.4, 0.5) is 0 Å². The Hall–Kier alpha value is -1.32. The number of aromatic carboxylic acids is 1. The van der Waals surface area contributed by atoms with Crippen LogP contribution in [0.25, 0.3) is 0 Å². The van der Waals surface area contributed by atoms with Crippen LogP contribution in [-0.4, -0.2) is 11.1 Å². The SMILES string of the molecule is C=C[C@@H](N)c1ccc(Cl)c(C(=O)O)c1. The summed E-state index contributed by atoms with van der Waals surface area (Å²) in [5.74, 6) is -1.06. The fourth-order valence-electron chi connectivity index (χ4n) is 1.05. The maximum absolute atomic E-state index is 10.7. The smallest absolute Gasteiger partial charge is 0.337 e. The van der Waals surface area contributed by atoms with Gasteiger partial charge in [0.05, 0.1) is 10.6 Å². The highest BCUT2D eigenvalue weighted by Crippen LogP contribution is 2.20. The number of halogens is 1. The molecule has 0 fully saturated rings. The number of nitrogens with two attached hydrogens (primary N) is 1. The number of carbonyl (C=O) groups is 1. The topological polar surface area (TPSA) is 63.3 Å². The first-order valence-corrected chi connectivity index (χ1v) is 4.35. The summed E-state index contributed by atoms with van der Waals surface area (Å²) in [6.07, 6.45) is 1.54. The molecule has 14 heavy (non-hydrogen) atoms. The second kappa shape index (κ2) is 4.26. The molecule has 3 N–H and O–H groups in total. The summed E-state index contributed by atoms with van der Waals surface area (Å²) in [4.78, 5) is 10.7. The molecule has 0 saturated heterocycles. The first-order chi connectivity index (χ1) is 6.56. The minimum atomic E-state index is -1.06. The van der Waals surface area contributed by atoms with Crippen LogP contribution in [0.1, 0.15) is 22.0 Å². The Morgan fingerprint density at radius 1 is 1.64 bits per heavy atom. The van der Waals surface area contributed by atoms with E-state index < -0.39 is 5.97 Å². The third-order valence-electron chi connectivity index (χ3n) is 1.86. The Morgan fingerprint density at radius 3 is 2.79 bits per heavy atom. The Morgan fingerprint density at radius 2 is 2.29 bits per heavy atom. The van der Waals surface area contributed by atoms with Crippen LogP contribution in [0, 0.1) is 0 Å². The first-order valence-electron chi connectivity index (χ1n) is 3.97. The molecule has 0 aliphatic heterocycles. The van der Waals surface area contributed by atoms with E-state index in [2.05, 4.69) is 6.58 Å². The standard InChI is InChI=1S/C10H10ClNO2/c1-2-9(12)6-3-4-8(11)7(5-6)10(13)14/h2-5,9H,1,12H2,(H,13,14)/t9-/m1/s1. The monoisotopic (exact) mass is 211 g/mol. The van der Waals surface area contributed by atoms with E-state index in [1.165, 1.54) is 18.2 Å². The second-order valence-corrected chi connectivity index (χ2v) is 3.21. The van der Waals surface area contributed by atoms with Crippen molar-refractivity contribution in [3.8, 4) is 0 Å². The van der Waals surface area contributed by atoms with Gasteiger partial charge in [0, 0.05) is 6.04 Å². The van der Waals surface area contributed by atoms with Crippen molar-refractivity contribution >= 4 is 17.6 Å². The molecule has 0 aliphatic rings. The molecular weight excluding hydrogens is 202 g/mol. The molecule has 1 aromatic rings. The minimum Gasteiger partial charge on any atom is -0.478 e. The zero-order chi connectivity index (χ0) is 10.7. The summed E-state index contributed by atoms with van der Waals surface area (Å²) >= 11 is 5.69. The number of carboxylic acids is 1. The lowest BCUT2D eigenvalue weighted by Gasteiger charge is -2.08. The van der Waals surface area contributed by atoms with Crippen molar-refractivity contribution < 1.29 is 9.90 Å². The Kier molecular flexibility index (Phi) is 3.28. The molecule has 74 valence electrons. The summed E-state index contributed by atoms with van der Waals surface area (Å²) in [6, 6.07) is 4.28. The van der Waals surface area contributed by atoms with E-state index in [-0.39, 0.29) is 16.6 Å². The molecule has 1 atom stereocenters. The second-order valence-electron chi connectivity index (χ2n) is 2.81. The predicted octanol–water partition coefficient (Wildman–Crippen LogP) is 2.22. The van der Waals surface area contributed by atoms with Crippen LogP contribution < -0.4 is 5.73 Å². The molecule has 0 spiro atoms. The Balaban J connectivity index is 3.19. The molecule has 0 amide bonds. The van der Waals surface area contributed by atoms with Gasteiger partial charge in [0.2, 0.25) is 0 Å². The zero-order valence-corrected chi connectivity index (χ0v) is 8.16. The van der Waals surface area contributed by atoms with Gasteiger partial charge in [-0.05, 0) is 17.7 Å². The molecule has 0 bridgehead atoms. The molecule has 1 aromatic carbocycles. The molecule has 1 rings (SSSR count). The summed E-state index contributed by atoms with van der Waals surface area (Å²) < 4.78 is 0. The van der Waals surface area contributed by atoms with E-state index >= 15 is 0 Å². The molecule has 0 unspecified atom stereocenters. The predicted molar refractivity (Wildman–Crippen MR) is 55.5 cm³/mol. The molecule has 0 saturated carbocycles. The molecule has 0 aliphatic carbocycles. The van der Waals surface area contributed by atoms with Gasteiger partial charge in [-0.3, -0.25) is 0 Å². The Labute approximate surface area is 86.8 Å². The van der Waals surface area contributed by atoms with Gasteiger partial charge in [0.15, 0.2) is 0 Å². The molecular formula is C10H10ClNO2. The number of carboxylic acid groups (broad SMARTS) is 1. The van der Waals surface area contributed by atoms with Crippen LogP contribution in [0.3, 0.4) is 0 Å². The first kappa shape index (κ1) is 10.8. The van der Waals surface area contributed by atoms with Gasteiger partial charge in [-0.15, -0.1) is 6.58 Å². The van der Waals surface area contributed by atoms with Gasteiger partial charge < -0.3 is 10.8 Å². The lowest BCUT2D eigenvalue weighted by Crippen LogP contribution is -2.08. The summed E-state index contributed by atoms with van der Waals surface area (Å²) in [6.45, 7) is 3.53. The highest BCUT2D eigenvalue weighted by Gasteiger charge is 2.11. The van der Waals surface area contributed by atoms with Crippen molar-refractivity contribution in [3.05, 3.63) is 47.0 Å².